The highest BCUT2D eigenvalue weighted by atomic mass is 16.3. The van der Waals surface area contributed by atoms with Crippen LogP contribution in [0.1, 0.15) is 57.8 Å². The van der Waals surface area contributed by atoms with Gasteiger partial charge in [-0.25, -0.2) is 0 Å². The van der Waals surface area contributed by atoms with Crippen LogP contribution in [0.4, 0.5) is 0 Å². The minimum atomic E-state index is -0.558. The third-order valence-electron chi connectivity index (χ3n) is 5.05. The minimum Gasteiger partial charge on any atom is -0.388 e. The fourth-order valence-electron chi connectivity index (χ4n) is 3.78. The van der Waals surface area contributed by atoms with Crippen LogP contribution in [-0.4, -0.2) is 30.3 Å². The number of piperidine rings is 1. The molecule has 1 saturated carbocycles. The van der Waals surface area contributed by atoms with Crippen LogP contribution in [-0.2, 0) is 0 Å². The van der Waals surface area contributed by atoms with Crippen molar-refractivity contribution < 1.29 is 5.11 Å². The maximum Gasteiger partial charge on any atom is 0.0839 e. The van der Waals surface area contributed by atoms with Gasteiger partial charge in [-0.15, -0.1) is 0 Å². The molecule has 0 aromatic heterocycles. The van der Waals surface area contributed by atoms with Crippen LogP contribution in [0.2, 0.25) is 0 Å². The highest BCUT2D eigenvalue weighted by Crippen LogP contribution is 2.45. The summed E-state index contributed by atoms with van der Waals surface area (Å²) in [5.74, 6) is 0. The Morgan fingerprint density at radius 2 is 1.59 bits per heavy atom. The fourth-order valence-corrected chi connectivity index (χ4v) is 3.78. The molecule has 17 heavy (non-hydrogen) atoms. The van der Waals surface area contributed by atoms with Crippen LogP contribution in [0.5, 0.6) is 0 Å². The Kier molecular flexibility index (Phi) is 4.45. The van der Waals surface area contributed by atoms with E-state index in [-0.39, 0.29) is 5.41 Å². The van der Waals surface area contributed by atoms with Crippen molar-refractivity contribution in [1.29, 1.82) is 0 Å². The van der Waals surface area contributed by atoms with Crippen LogP contribution < -0.4 is 11.1 Å². The van der Waals surface area contributed by atoms with Gasteiger partial charge in [0, 0.05) is 18.5 Å². The predicted molar refractivity (Wildman–Crippen MR) is 70.9 cm³/mol. The van der Waals surface area contributed by atoms with Gasteiger partial charge < -0.3 is 16.2 Å². The largest absolute Gasteiger partial charge is 0.388 e. The molecule has 1 unspecified atom stereocenters. The molecule has 0 amide bonds. The smallest absolute Gasteiger partial charge is 0.0839 e. The summed E-state index contributed by atoms with van der Waals surface area (Å²) in [6, 6.07) is 0. The Morgan fingerprint density at radius 3 is 2.12 bits per heavy atom. The van der Waals surface area contributed by atoms with Gasteiger partial charge in [0.05, 0.1) is 5.60 Å². The van der Waals surface area contributed by atoms with Crippen LogP contribution in [0.3, 0.4) is 0 Å². The van der Waals surface area contributed by atoms with Gasteiger partial charge in [-0.3, -0.25) is 0 Å². The Labute approximate surface area is 105 Å². The molecule has 0 spiro atoms. The highest BCUT2D eigenvalue weighted by molar-refractivity contribution is 5.02. The minimum absolute atomic E-state index is 0.0269. The number of hydrogen-bond acceptors (Lipinski definition) is 3. The van der Waals surface area contributed by atoms with Crippen molar-refractivity contribution >= 4 is 0 Å². The molecule has 2 aliphatic rings. The van der Waals surface area contributed by atoms with Crippen LogP contribution >= 0.6 is 0 Å². The van der Waals surface area contributed by atoms with Gasteiger partial charge in [-0.05, 0) is 32.2 Å². The number of nitrogens with one attached hydrogen (secondary N) is 1. The zero-order valence-corrected chi connectivity index (χ0v) is 11.0. The number of rotatable bonds is 2. The molecule has 1 aliphatic carbocycles. The maximum absolute atomic E-state index is 11.0. The van der Waals surface area contributed by atoms with Gasteiger partial charge in [-0.1, -0.05) is 32.1 Å². The summed E-state index contributed by atoms with van der Waals surface area (Å²) in [4.78, 5) is 0. The van der Waals surface area contributed by atoms with Crippen molar-refractivity contribution in [3.8, 4) is 0 Å². The van der Waals surface area contributed by atoms with E-state index in [4.69, 9.17) is 5.73 Å². The van der Waals surface area contributed by atoms with E-state index in [9.17, 15) is 5.11 Å². The first-order valence-electron chi connectivity index (χ1n) is 7.36. The summed E-state index contributed by atoms with van der Waals surface area (Å²) < 4.78 is 0. The van der Waals surface area contributed by atoms with E-state index in [1.165, 1.54) is 32.1 Å². The number of aliphatic hydroxyl groups is 1. The van der Waals surface area contributed by atoms with Gasteiger partial charge >= 0.3 is 0 Å². The van der Waals surface area contributed by atoms with Crippen LogP contribution in [0.15, 0.2) is 0 Å². The van der Waals surface area contributed by atoms with E-state index in [1.807, 2.05) is 0 Å². The van der Waals surface area contributed by atoms with Gasteiger partial charge in [0.1, 0.15) is 0 Å². The van der Waals surface area contributed by atoms with Crippen molar-refractivity contribution in [1.82, 2.24) is 5.32 Å². The lowest BCUT2D eigenvalue weighted by Crippen LogP contribution is -2.60. The molecule has 100 valence electrons. The molecule has 2 rings (SSSR count). The van der Waals surface area contributed by atoms with Gasteiger partial charge in [0.2, 0.25) is 0 Å². The second-order valence-electron chi connectivity index (χ2n) is 6.06. The first kappa shape index (κ1) is 13.3. The zero-order chi connectivity index (χ0) is 12.2. The molecule has 0 aromatic rings. The van der Waals surface area contributed by atoms with Crippen molar-refractivity contribution in [2.24, 2.45) is 11.1 Å². The van der Waals surface area contributed by atoms with Gasteiger partial charge in [-0.2, -0.15) is 0 Å². The third-order valence-corrected chi connectivity index (χ3v) is 5.05. The lowest BCUT2D eigenvalue weighted by Gasteiger charge is -2.50. The Morgan fingerprint density at radius 1 is 0.941 bits per heavy atom. The summed E-state index contributed by atoms with van der Waals surface area (Å²) in [6.07, 6.45) is 10.7. The maximum atomic E-state index is 11.0. The number of nitrogens with two attached hydrogens (primary N) is 1. The van der Waals surface area contributed by atoms with Gasteiger partial charge in [0.15, 0.2) is 0 Å². The predicted octanol–water partition coefficient (Wildman–Crippen LogP) is 1.79. The summed E-state index contributed by atoms with van der Waals surface area (Å²) >= 11 is 0. The summed E-state index contributed by atoms with van der Waals surface area (Å²) in [5.41, 5.74) is 5.50. The fraction of sp³-hybridized carbons (Fsp3) is 1.00. The Bertz CT molecular complexity index is 228. The second-order valence-corrected chi connectivity index (χ2v) is 6.06. The molecule has 1 saturated heterocycles. The van der Waals surface area contributed by atoms with E-state index in [0.717, 1.165) is 38.8 Å². The van der Waals surface area contributed by atoms with E-state index >= 15 is 0 Å². The van der Waals surface area contributed by atoms with E-state index in [2.05, 4.69) is 5.32 Å². The van der Waals surface area contributed by atoms with Crippen LogP contribution in [0.25, 0.3) is 0 Å². The highest BCUT2D eigenvalue weighted by Gasteiger charge is 2.48. The number of β-amino-alcohol motifs (C(OH)–C–C–N with tert-alkyl or cyclic N) is 1. The molecular weight excluding hydrogens is 212 g/mol. The average Bonchev–Trinajstić information content (AvgIpc) is 2.30. The van der Waals surface area contributed by atoms with Gasteiger partial charge in [0.25, 0.3) is 0 Å². The standard InChI is InChI=1S/C14H28N2O/c15-11-13(7-4-2-1-3-5-8-13)14(17)9-6-10-16-12-14/h16-17H,1-12,15H2. The van der Waals surface area contributed by atoms with E-state index in [0.29, 0.717) is 6.54 Å². The lowest BCUT2D eigenvalue weighted by molar-refractivity contribution is -0.107. The molecule has 3 nitrogen and oxygen atoms in total. The first-order chi connectivity index (χ1) is 8.22. The van der Waals surface area contributed by atoms with E-state index < -0.39 is 5.60 Å². The number of hydrogen-bond donors (Lipinski definition) is 3. The molecule has 0 bridgehead atoms. The third kappa shape index (κ3) is 2.67. The van der Waals surface area contributed by atoms with Crippen LogP contribution in [0, 0.1) is 5.41 Å². The Hall–Kier alpha value is -0.120. The quantitative estimate of drug-likeness (QED) is 0.690. The summed E-state index contributed by atoms with van der Waals surface area (Å²) in [7, 11) is 0. The molecule has 0 aromatic carbocycles. The zero-order valence-electron chi connectivity index (χ0n) is 11.0. The molecule has 3 heteroatoms. The molecule has 1 heterocycles. The van der Waals surface area contributed by atoms with Crippen molar-refractivity contribution in [3.05, 3.63) is 0 Å². The second kappa shape index (κ2) is 5.68. The molecular formula is C14H28N2O. The van der Waals surface area contributed by atoms with Crippen molar-refractivity contribution in [2.75, 3.05) is 19.6 Å². The average molecular weight is 240 g/mol. The van der Waals surface area contributed by atoms with Crippen molar-refractivity contribution in [3.63, 3.8) is 0 Å². The molecule has 1 atom stereocenters. The Balaban J connectivity index is 2.14. The lowest BCUT2D eigenvalue weighted by atomic mass is 9.62. The van der Waals surface area contributed by atoms with E-state index in [1.54, 1.807) is 0 Å². The topological polar surface area (TPSA) is 58.3 Å². The normalized spacial score (nSPS) is 34.9. The molecule has 4 N–H and O–H groups in total. The SMILES string of the molecule is NCC1(C2(O)CCCNC2)CCCCCCC1. The molecule has 1 aliphatic heterocycles. The van der Waals surface area contributed by atoms with Crippen molar-refractivity contribution in [2.45, 2.75) is 63.4 Å². The first-order valence-corrected chi connectivity index (χ1v) is 7.36. The summed E-state index contributed by atoms with van der Waals surface area (Å²) in [6.45, 7) is 2.43. The molecule has 0 radical (unpaired) electrons. The summed E-state index contributed by atoms with van der Waals surface area (Å²) in [5, 5.41) is 14.4. The monoisotopic (exact) mass is 240 g/mol. The molecule has 2 fully saturated rings.